The Morgan fingerprint density at radius 2 is 2.20 bits per heavy atom. The number of nitrogens with two attached hydrogens (primary N) is 1. The molecule has 1 atom stereocenters. The normalized spacial score (nSPS) is 12.8. The Morgan fingerprint density at radius 1 is 1.47 bits per heavy atom. The van der Waals surface area contributed by atoms with Crippen molar-refractivity contribution < 1.29 is 0 Å². The number of hydrogen-bond acceptors (Lipinski definition) is 3. The Morgan fingerprint density at radius 3 is 2.87 bits per heavy atom. The van der Waals surface area contributed by atoms with Gasteiger partial charge >= 0.3 is 0 Å². The van der Waals surface area contributed by atoms with Crippen molar-refractivity contribution in [1.82, 2.24) is 4.98 Å². The Hall–Kier alpha value is 0.0400. The minimum atomic E-state index is 0.243. The third-order valence-electron chi connectivity index (χ3n) is 1.98. The van der Waals surface area contributed by atoms with Gasteiger partial charge in [0, 0.05) is 17.5 Å². The van der Waals surface area contributed by atoms with E-state index < -0.39 is 0 Å². The van der Waals surface area contributed by atoms with Crippen molar-refractivity contribution in [3.8, 4) is 0 Å². The van der Waals surface area contributed by atoms with Gasteiger partial charge in [-0.3, -0.25) is 0 Å². The van der Waals surface area contributed by atoms with Gasteiger partial charge in [-0.05, 0) is 18.6 Å². The van der Waals surface area contributed by atoms with Crippen LogP contribution in [0.5, 0.6) is 0 Å². The summed E-state index contributed by atoms with van der Waals surface area (Å²) in [6.07, 6.45) is 0.990. The van der Waals surface area contributed by atoms with E-state index in [1.165, 1.54) is 0 Å². The van der Waals surface area contributed by atoms with Crippen molar-refractivity contribution >= 4 is 35.0 Å². The van der Waals surface area contributed by atoms with Crippen LogP contribution in [-0.2, 0) is 5.75 Å². The molecule has 1 unspecified atom stereocenters. The zero-order valence-electron chi connectivity index (χ0n) is 8.54. The summed E-state index contributed by atoms with van der Waals surface area (Å²) < 4.78 is 0. The van der Waals surface area contributed by atoms with Crippen LogP contribution in [-0.4, -0.2) is 16.8 Å². The molecule has 0 aliphatic rings. The molecular formula is C10H14Cl2N2S. The molecular weight excluding hydrogens is 251 g/mol. The zero-order valence-corrected chi connectivity index (χ0v) is 10.9. The monoisotopic (exact) mass is 264 g/mol. The van der Waals surface area contributed by atoms with Crippen molar-refractivity contribution in [3.05, 3.63) is 28.0 Å². The highest BCUT2D eigenvalue weighted by Gasteiger charge is 2.05. The van der Waals surface area contributed by atoms with Crippen molar-refractivity contribution in [2.75, 3.05) is 5.75 Å². The predicted molar refractivity (Wildman–Crippen MR) is 68.7 cm³/mol. The summed E-state index contributed by atoms with van der Waals surface area (Å²) in [5.41, 5.74) is 6.64. The van der Waals surface area contributed by atoms with E-state index >= 15 is 0 Å². The minimum absolute atomic E-state index is 0.243. The molecule has 0 saturated heterocycles. The molecule has 0 saturated carbocycles. The van der Waals surface area contributed by atoms with E-state index in [0.717, 1.165) is 23.6 Å². The molecule has 2 nitrogen and oxygen atoms in total. The topological polar surface area (TPSA) is 38.9 Å². The SMILES string of the molecule is CCC(N)CSCc1nc(Cl)ccc1Cl. The number of nitrogens with zero attached hydrogens (tertiary/aromatic N) is 1. The first-order valence-electron chi connectivity index (χ1n) is 4.77. The third kappa shape index (κ3) is 4.60. The Kier molecular flexibility index (Phi) is 5.75. The van der Waals surface area contributed by atoms with E-state index in [9.17, 15) is 0 Å². The molecule has 0 aliphatic carbocycles. The van der Waals surface area contributed by atoms with Gasteiger partial charge in [0.05, 0.1) is 10.7 Å². The fourth-order valence-corrected chi connectivity index (χ4v) is 2.47. The average Bonchev–Trinajstić information content (AvgIpc) is 2.23. The van der Waals surface area contributed by atoms with Crippen LogP contribution in [0.2, 0.25) is 10.2 Å². The lowest BCUT2D eigenvalue weighted by Crippen LogP contribution is -2.21. The van der Waals surface area contributed by atoms with Crippen LogP contribution < -0.4 is 5.73 Å². The second kappa shape index (κ2) is 6.59. The largest absolute Gasteiger partial charge is 0.327 e. The van der Waals surface area contributed by atoms with Crippen molar-refractivity contribution in [3.63, 3.8) is 0 Å². The summed E-state index contributed by atoms with van der Waals surface area (Å²) in [6, 6.07) is 3.70. The Bertz CT molecular complexity index is 320. The molecule has 1 heterocycles. The molecule has 0 amide bonds. The van der Waals surface area contributed by atoms with Crippen molar-refractivity contribution in [2.45, 2.75) is 25.1 Å². The summed E-state index contributed by atoms with van der Waals surface area (Å²) in [4.78, 5) is 4.17. The van der Waals surface area contributed by atoms with Crippen LogP contribution in [0.3, 0.4) is 0 Å². The highest BCUT2D eigenvalue weighted by molar-refractivity contribution is 7.98. The number of rotatable bonds is 5. The number of halogens is 2. The summed E-state index contributed by atoms with van der Waals surface area (Å²) in [5, 5.41) is 1.15. The summed E-state index contributed by atoms with van der Waals surface area (Å²) >= 11 is 13.5. The molecule has 0 aliphatic heterocycles. The molecule has 2 N–H and O–H groups in total. The van der Waals surface area contributed by atoms with Gasteiger partial charge in [-0.2, -0.15) is 11.8 Å². The van der Waals surface area contributed by atoms with Gasteiger partial charge in [0.1, 0.15) is 5.15 Å². The standard InChI is InChI=1S/C10H14Cl2N2S/c1-2-7(13)5-15-6-9-8(11)3-4-10(12)14-9/h3-4,7H,2,5-6,13H2,1H3. The average molecular weight is 265 g/mol. The van der Waals surface area contributed by atoms with Gasteiger partial charge in [0.2, 0.25) is 0 Å². The van der Waals surface area contributed by atoms with Crippen molar-refractivity contribution in [2.24, 2.45) is 5.73 Å². The second-order valence-electron chi connectivity index (χ2n) is 3.25. The Balaban J connectivity index is 2.46. The number of hydrogen-bond donors (Lipinski definition) is 1. The van der Waals surface area contributed by atoms with Gasteiger partial charge in [-0.1, -0.05) is 30.1 Å². The maximum absolute atomic E-state index is 5.98. The molecule has 5 heteroatoms. The molecule has 0 radical (unpaired) electrons. The van der Waals surface area contributed by atoms with E-state index in [1.807, 2.05) is 0 Å². The predicted octanol–water partition coefficient (Wildman–Crippen LogP) is 3.36. The van der Waals surface area contributed by atoms with Gasteiger partial charge in [0.15, 0.2) is 0 Å². The molecule has 0 spiro atoms. The van der Waals surface area contributed by atoms with E-state index in [-0.39, 0.29) is 6.04 Å². The maximum atomic E-state index is 5.98. The number of aromatic nitrogens is 1. The van der Waals surface area contributed by atoms with Crippen LogP contribution in [0.25, 0.3) is 0 Å². The van der Waals surface area contributed by atoms with E-state index in [1.54, 1.807) is 23.9 Å². The van der Waals surface area contributed by atoms with E-state index in [2.05, 4.69) is 11.9 Å². The van der Waals surface area contributed by atoms with Gasteiger partial charge < -0.3 is 5.73 Å². The molecule has 1 rings (SSSR count). The summed E-state index contributed by atoms with van der Waals surface area (Å²) in [5.74, 6) is 1.67. The van der Waals surface area contributed by atoms with E-state index in [4.69, 9.17) is 28.9 Å². The number of pyridine rings is 1. The highest BCUT2D eigenvalue weighted by Crippen LogP contribution is 2.21. The lowest BCUT2D eigenvalue weighted by atomic mass is 10.3. The quantitative estimate of drug-likeness (QED) is 0.830. The molecule has 0 bridgehead atoms. The first-order chi connectivity index (χ1) is 7.13. The summed E-state index contributed by atoms with van der Waals surface area (Å²) in [6.45, 7) is 2.08. The molecule has 0 fully saturated rings. The first kappa shape index (κ1) is 13.1. The van der Waals surface area contributed by atoms with Crippen LogP contribution in [0.4, 0.5) is 0 Å². The fraction of sp³-hybridized carbons (Fsp3) is 0.500. The molecule has 15 heavy (non-hydrogen) atoms. The van der Waals surface area contributed by atoms with Crippen LogP contribution >= 0.6 is 35.0 Å². The molecule has 84 valence electrons. The van der Waals surface area contributed by atoms with Gasteiger partial charge in [-0.25, -0.2) is 4.98 Å². The molecule has 1 aromatic heterocycles. The Labute approximate surface area is 105 Å². The highest BCUT2D eigenvalue weighted by atomic mass is 35.5. The smallest absolute Gasteiger partial charge is 0.129 e. The second-order valence-corrected chi connectivity index (χ2v) is 5.07. The van der Waals surface area contributed by atoms with Gasteiger partial charge in [0.25, 0.3) is 0 Å². The third-order valence-corrected chi connectivity index (χ3v) is 3.68. The molecule has 0 aromatic carbocycles. The minimum Gasteiger partial charge on any atom is -0.327 e. The van der Waals surface area contributed by atoms with Gasteiger partial charge in [-0.15, -0.1) is 0 Å². The zero-order chi connectivity index (χ0) is 11.3. The lowest BCUT2D eigenvalue weighted by Gasteiger charge is -2.08. The van der Waals surface area contributed by atoms with E-state index in [0.29, 0.717) is 10.2 Å². The lowest BCUT2D eigenvalue weighted by molar-refractivity contribution is 0.724. The maximum Gasteiger partial charge on any atom is 0.129 e. The number of thioether (sulfide) groups is 1. The summed E-state index contributed by atoms with van der Waals surface area (Å²) in [7, 11) is 0. The van der Waals surface area contributed by atoms with Crippen LogP contribution in [0.15, 0.2) is 12.1 Å². The first-order valence-corrected chi connectivity index (χ1v) is 6.68. The van der Waals surface area contributed by atoms with Crippen LogP contribution in [0.1, 0.15) is 19.0 Å². The fourth-order valence-electron chi connectivity index (χ4n) is 0.984. The van der Waals surface area contributed by atoms with Crippen molar-refractivity contribution in [1.29, 1.82) is 0 Å². The molecule has 1 aromatic rings. The van der Waals surface area contributed by atoms with Crippen LogP contribution in [0, 0.1) is 0 Å².